The number of nitrogens with two attached hydrogens (primary N) is 1. The molecular weight excluding hydrogens is 218 g/mol. The van der Waals surface area contributed by atoms with Crippen LogP contribution in [-0.4, -0.2) is 23.0 Å². The fraction of sp³-hybridized carbons (Fsp3) is 0.833. The second-order valence-electron chi connectivity index (χ2n) is 5.29. The fourth-order valence-corrected chi connectivity index (χ4v) is 2.65. The fourth-order valence-electron chi connectivity index (χ4n) is 2.65. The van der Waals surface area contributed by atoms with Crippen LogP contribution in [0, 0.1) is 11.3 Å². The maximum absolute atomic E-state index is 12.2. The molecule has 2 rings (SSSR count). The zero-order valence-corrected chi connectivity index (χ0v) is 10.3. The number of amidine groups is 1. The summed E-state index contributed by atoms with van der Waals surface area (Å²) in [5.74, 6) is 0.643. The molecule has 2 aliphatic rings. The van der Waals surface area contributed by atoms with Crippen molar-refractivity contribution in [2.75, 3.05) is 0 Å². The Hall–Kier alpha value is -1.26. The van der Waals surface area contributed by atoms with Gasteiger partial charge in [0.25, 0.3) is 0 Å². The van der Waals surface area contributed by atoms with Gasteiger partial charge in [0.15, 0.2) is 5.84 Å². The van der Waals surface area contributed by atoms with E-state index in [0.717, 1.165) is 19.3 Å². The summed E-state index contributed by atoms with van der Waals surface area (Å²) in [4.78, 5) is 12.2. The van der Waals surface area contributed by atoms with Crippen LogP contribution in [0.3, 0.4) is 0 Å². The average Bonchev–Trinajstić information content (AvgIpc) is 2.95. The molecule has 0 aliphatic heterocycles. The Labute approximate surface area is 101 Å². The van der Waals surface area contributed by atoms with Gasteiger partial charge in [0.2, 0.25) is 5.91 Å². The molecule has 0 spiro atoms. The molecular formula is C12H21N3O2. The third-order valence-electron chi connectivity index (χ3n) is 4.14. The van der Waals surface area contributed by atoms with Gasteiger partial charge in [-0.1, -0.05) is 24.9 Å². The summed E-state index contributed by atoms with van der Waals surface area (Å²) in [6, 6.07) is 0.311. The molecule has 2 unspecified atom stereocenters. The van der Waals surface area contributed by atoms with Gasteiger partial charge < -0.3 is 16.3 Å². The molecule has 2 fully saturated rings. The molecule has 5 nitrogen and oxygen atoms in total. The lowest BCUT2D eigenvalue weighted by atomic mass is 9.67. The summed E-state index contributed by atoms with van der Waals surface area (Å²) in [6.07, 6.45) is 5.75. The van der Waals surface area contributed by atoms with Gasteiger partial charge in [0.1, 0.15) is 5.41 Å². The van der Waals surface area contributed by atoms with Gasteiger partial charge in [0, 0.05) is 6.04 Å². The molecule has 0 heterocycles. The van der Waals surface area contributed by atoms with Crippen LogP contribution >= 0.6 is 0 Å². The van der Waals surface area contributed by atoms with Gasteiger partial charge in [-0.15, -0.1) is 0 Å². The molecule has 2 aliphatic carbocycles. The molecule has 4 N–H and O–H groups in total. The number of amides is 1. The average molecular weight is 239 g/mol. The number of hydrogen-bond donors (Lipinski definition) is 3. The van der Waals surface area contributed by atoms with Crippen molar-refractivity contribution in [1.82, 2.24) is 5.32 Å². The van der Waals surface area contributed by atoms with Crippen LogP contribution in [0.2, 0.25) is 0 Å². The van der Waals surface area contributed by atoms with E-state index in [-0.39, 0.29) is 11.7 Å². The zero-order chi connectivity index (χ0) is 12.5. The van der Waals surface area contributed by atoms with Crippen LogP contribution < -0.4 is 11.1 Å². The summed E-state index contributed by atoms with van der Waals surface area (Å²) in [7, 11) is 0. The predicted octanol–water partition coefficient (Wildman–Crippen LogP) is 1.21. The predicted molar refractivity (Wildman–Crippen MR) is 64.6 cm³/mol. The number of carbonyl (C=O) groups excluding carboxylic acids is 1. The topological polar surface area (TPSA) is 87.7 Å². The summed E-state index contributed by atoms with van der Waals surface area (Å²) in [5.41, 5.74) is 4.91. The standard InChI is InChI=1S/C12H21N3O2/c1-2-4-8-7-9(8)14-11(16)12(5-3-6-12)10(13)15-17/h8-9,17H,2-7H2,1H3,(H2,13,15)(H,14,16). The monoisotopic (exact) mass is 239 g/mol. The van der Waals surface area contributed by atoms with E-state index in [9.17, 15) is 4.79 Å². The number of hydrogen-bond acceptors (Lipinski definition) is 3. The molecule has 96 valence electrons. The van der Waals surface area contributed by atoms with E-state index < -0.39 is 5.41 Å². The summed E-state index contributed by atoms with van der Waals surface area (Å²) in [5, 5.41) is 14.8. The second-order valence-corrected chi connectivity index (χ2v) is 5.29. The Morgan fingerprint density at radius 2 is 2.29 bits per heavy atom. The zero-order valence-electron chi connectivity index (χ0n) is 10.3. The Bertz CT molecular complexity index is 337. The van der Waals surface area contributed by atoms with Crippen molar-refractivity contribution in [2.24, 2.45) is 22.2 Å². The highest BCUT2D eigenvalue weighted by Crippen LogP contribution is 2.43. The number of nitrogens with one attached hydrogen (secondary N) is 1. The van der Waals surface area contributed by atoms with Crippen LogP contribution in [-0.2, 0) is 4.79 Å². The molecule has 0 aromatic carbocycles. The maximum Gasteiger partial charge on any atom is 0.234 e. The normalized spacial score (nSPS) is 30.5. The van der Waals surface area contributed by atoms with Crippen LogP contribution in [0.1, 0.15) is 45.4 Å². The molecule has 5 heteroatoms. The van der Waals surface area contributed by atoms with Crippen molar-refractivity contribution in [1.29, 1.82) is 0 Å². The minimum atomic E-state index is -0.728. The number of oxime groups is 1. The minimum absolute atomic E-state index is 0.0531. The Balaban J connectivity index is 1.91. The highest BCUT2D eigenvalue weighted by atomic mass is 16.4. The maximum atomic E-state index is 12.2. The summed E-state index contributed by atoms with van der Waals surface area (Å²) in [6.45, 7) is 2.15. The van der Waals surface area contributed by atoms with E-state index in [1.807, 2.05) is 0 Å². The smallest absolute Gasteiger partial charge is 0.234 e. The van der Waals surface area contributed by atoms with Crippen LogP contribution in [0.5, 0.6) is 0 Å². The van der Waals surface area contributed by atoms with Crippen molar-refractivity contribution >= 4 is 11.7 Å². The van der Waals surface area contributed by atoms with E-state index in [4.69, 9.17) is 10.9 Å². The largest absolute Gasteiger partial charge is 0.409 e. The number of nitrogens with zero attached hydrogens (tertiary/aromatic N) is 1. The Morgan fingerprint density at radius 1 is 1.59 bits per heavy atom. The van der Waals surface area contributed by atoms with Gasteiger partial charge in [-0.2, -0.15) is 0 Å². The quantitative estimate of drug-likeness (QED) is 0.291. The van der Waals surface area contributed by atoms with Gasteiger partial charge >= 0.3 is 0 Å². The lowest BCUT2D eigenvalue weighted by Crippen LogP contribution is -2.54. The molecule has 2 saturated carbocycles. The van der Waals surface area contributed by atoms with E-state index >= 15 is 0 Å². The molecule has 17 heavy (non-hydrogen) atoms. The molecule has 0 bridgehead atoms. The molecule has 0 aromatic rings. The minimum Gasteiger partial charge on any atom is -0.409 e. The van der Waals surface area contributed by atoms with E-state index in [1.54, 1.807) is 0 Å². The molecule has 2 atom stereocenters. The first-order valence-electron chi connectivity index (χ1n) is 6.43. The third-order valence-corrected chi connectivity index (χ3v) is 4.14. The van der Waals surface area contributed by atoms with Crippen molar-refractivity contribution in [3.8, 4) is 0 Å². The van der Waals surface area contributed by atoms with Crippen molar-refractivity contribution < 1.29 is 10.0 Å². The Kier molecular flexibility index (Phi) is 3.26. The van der Waals surface area contributed by atoms with Crippen LogP contribution in [0.25, 0.3) is 0 Å². The molecule has 0 aromatic heterocycles. The lowest BCUT2D eigenvalue weighted by Gasteiger charge is -2.38. The Morgan fingerprint density at radius 3 is 2.76 bits per heavy atom. The molecule has 0 radical (unpaired) electrons. The van der Waals surface area contributed by atoms with Crippen molar-refractivity contribution in [3.05, 3.63) is 0 Å². The first kappa shape index (κ1) is 12.2. The van der Waals surface area contributed by atoms with E-state index in [0.29, 0.717) is 24.8 Å². The molecule has 0 saturated heterocycles. The van der Waals surface area contributed by atoms with Crippen LogP contribution in [0.4, 0.5) is 0 Å². The number of carbonyl (C=O) groups is 1. The molecule has 1 amide bonds. The first-order chi connectivity index (χ1) is 8.14. The SMILES string of the molecule is CCCC1CC1NC(=O)C1(C(N)=NO)CCC1. The summed E-state index contributed by atoms with van der Waals surface area (Å²) >= 11 is 0. The third kappa shape index (κ3) is 2.10. The highest BCUT2D eigenvalue weighted by molar-refractivity contribution is 6.07. The van der Waals surface area contributed by atoms with Gasteiger partial charge in [-0.25, -0.2) is 0 Å². The van der Waals surface area contributed by atoms with E-state index in [1.165, 1.54) is 6.42 Å². The first-order valence-corrected chi connectivity index (χ1v) is 6.43. The highest BCUT2D eigenvalue weighted by Gasteiger charge is 2.50. The van der Waals surface area contributed by atoms with Crippen molar-refractivity contribution in [2.45, 2.75) is 51.5 Å². The second kappa shape index (κ2) is 4.55. The summed E-state index contributed by atoms with van der Waals surface area (Å²) < 4.78 is 0. The van der Waals surface area contributed by atoms with Gasteiger partial charge in [-0.05, 0) is 31.6 Å². The van der Waals surface area contributed by atoms with Crippen LogP contribution in [0.15, 0.2) is 5.16 Å². The van der Waals surface area contributed by atoms with Gasteiger partial charge in [-0.3, -0.25) is 4.79 Å². The van der Waals surface area contributed by atoms with Crippen molar-refractivity contribution in [3.63, 3.8) is 0 Å². The van der Waals surface area contributed by atoms with Gasteiger partial charge in [0.05, 0.1) is 0 Å². The van der Waals surface area contributed by atoms with E-state index in [2.05, 4.69) is 17.4 Å². The lowest BCUT2D eigenvalue weighted by molar-refractivity contribution is -0.131. The number of rotatable bonds is 5.